The van der Waals surface area contributed by atoms with Crippen molar-refractivity contribution in [2.24, 2.45) is 0 Å². The molecule has 0 radical (unpaired) electrons. The van der Waals surface area contributed by atoms with E-state index in [0.29, 0.717) is 0 Å². The summed E-state index contributed by atoms with van der Waals surface area (Å²) in [6.45, 7) is 2.22. The van der Waals surface area contributed by atoms with Gasteiger partial charge >= 0.3 is 0 Å². The van der Waals surface area contributed by atoms with Crippen molar-refractivity contribution in [3.63, 3.8) is 0 Å². The third-order valence-corrected chi connectivity index (χ3v) is 5.01. The van der Waals surface area contributed by atoms with Gasteiger partial charge in [0.15, 0.2) is 7.28 Å². The monoisotopic (exact) mass is 320 g/mol. The van der Waals surface area contributed by atoms with E-state index < -0.39 is 0 Å². The number of fused-ring (bicyclic) bond motifs is 2. The first-order chi connectivity index (χ1) is 9.78. The summed E-state index contributed by atoms with van der Waals surface area (Å²) in [4.78, 5) is 0. The van der Waals surface area contributed by atoms with Gasteiger partial charge in [0.2, 0.25) is 0 Å². The lowest BCUT2D eigenvalue weighted by Crippen LogP contribution is -2.13. The molecule has 0 N–H and O–H groups in total. The van der Waals surface area contributed by atoms with Gasteiger partial charge in [0, 0.05) is 4.47 Å². The lowest BCUT2D eigenvalue weighted by molar-refractivity contribution is 1.20. The van der Waals surface area contributed by atoms with Crippen LogP contribution in [-0.4, -0.2) is 7.28 Å². The van der Waals surface area contributed by atoms with Crippen molar-refractivity contribution in [1.29, 1.82) is 0 Å². The average Bonchev–Trinajstić information content (AvgIpc) is 2.49. The third-order valence-electron chi connectivity index (χ3n) is 4.32. The van der Waals surface area contributed by atoms with Gasteiger partial charge in [-0.3, -0.25) is 0 Å². The minimum Gasteiger partial charge on any atom is -0.0849 e. The summed E-state index contributed by atoms with van der Waals surface area (Å²) in [6.07, 6.45) is 1.05. The maximum atomic E-state index is 3.68. The predicted molar refractivity (Wildman–Crippen MR) is 92.5 cm³/mol. The highest BCUT2D eigenvalue weighted by Crippen LogP contribution is 2.41. The molecule has 0 unspecified atom stereocenters. The Morgan fingerprint density at radius 1 is 0.950 bits per heavy atom. The molecule has 4 rings (SSSR count). The number of hydrogen-bond acceptors (Lipinski definition) is 0. The molecule has 1 aliphatic carbocycles. The van der Waals surface area contributed by atoms with E-state index in [2.05, 4.69) is 71.3 Å². The molecule has 0 saturated heterocycles. The van der Waals surface area contributed by atoms with Gasteiger partial charge in [0.1, 0.15) is 0 Å². The van der Waals surface area contributed by atoms with Crippen molar-refractivity contribution in [2.75, 3.05) is 0 Å². The van der Waals surface area contributed by atoms with E-state index in [1.54, 1.807) is 0 Å². The Bertz CT molecular complexity index is 836. The van der Waals surface area contributed by atoms with Gasteiger partial charge in [-0.2, -0.15) is 0 Å². The maximum absolute atomic E-state index is 3.68. The first-order valence-corrected chi connectivity index (χ1v) is 7.89. The fourth-order valence-electron chi connectivity index (χ4n) is 3.30. The molecule has 0 fully saturated rings. The highest BCUT2D eigenvalue weighted by atomic mass is 79.9. The van der Waals surface area contributed by atoms with E-state index in [0.717, 1.165) is 13.7 Å². The molecule has 0 aromatic heterocycles. The van der Waals surface area contributed by atoms with Gasteiger partial charge in [0.25, 0.3) is 0 Å². The van der Waals surface area contributed by atoms with Crippen molar-refractivity contribution in [1.82, 2.24) is 0 Å². The summed E-state index contributed by atoms with van der Waals surface area (Å²) < 4.78 is 1.19. The summed E-state index contributed by atoms with van der Waals surface area (Å²) in [7, 11) is 1.10. The zero-order valence-corrected chi connectivity index (χ0v) is 13.0. The van der Waals surface area contributed by atoms with Gasteiger partial charge in [-0.15, -0.1) is 0 Å². The number of halogens is 1. The SMILES string of the molecule is CBc1ccc2c(c1)Cc1cccc3c(Br)ccc-2c13. The van der Waals surface area contributed by atoms with E-state index in [9.17, 15) is 0 Å². The number of rotatable bonds is 1. The molecule has 0 heterocycles. The average molecular weight is 321 g/mol. The molecule has 0 atom stereocenters. The minimum atomic E-state index is 1.05. The van der Waals surface area contributed by atoms with Crippen LogP contribution in [0.1, 0.15) is 11.1 Å². The van der Waals surface area contributed by atoms with E-state index in [1.165, 1.54) is 43.0 Å². The van der Waals surface area contributed by atoms with Crippen molar-refractivity contribution in [3.05, 3.63) is 64.1 Å². The van der Waals surface area contributed by atoms with Crippen LogP contribution < -0.4 is 5.46 Å². The number of hydrogen-bond donors (Lipinski definition) is 0. The standard InChI is InChI=1S/C18H14BBr/c1-19-13-5-6-14-12(10-13)9-11-3-2-4-16-17(20)8-7-15(14)18(11)16/h2-8,10,19H,9H2,1H3. The summed E-state index contributed by atoms with van der Waals surface area (Å²) >= 11 is 3.68. The second-order valence-corrected chi connectivity index (χ2v) is 6.31. The maximum Gasteiger partial charge on any atom is 0.154 e. The fraction of sp³-hybridized carbons (Fsp3) is 0.111. The van der Waals surface area contributed by atoms with Crippen LogP contribution in [0.25, 0.3) is 21.9 Å². The Morgan fingerprint density at radius 3 is 2.65 bits per heavy atom. The molecule has 0 nitrogen and oxygen atoms in total. The zero-order chi connectivity index (χ0) is 13.7. The molecule has 0 amide bonds. The molecule has 0 bridgehead atoms. The van der Waals surface area contributed by atoms with Gasteiger partial charge in [0.05, 0.1) is 0 Å². The molecule has 0 aliphatic heterocycles. The fourth-order valence-corrected chi connectivity index (χ4v) is 3.76. The molecule has 96 valence electrons. The second-order valence-electron chi connectivity index (χ2n) is 5.46. The Morgan fingerprint density at radius 2 is 1.80 bits per heavy atom. The summed E-state index contributed by atoms with van der Waals surface area (Å²) in [5.74, 6) is 0. The lowest BCUT2D eigenvalue weighted by Gasteiger charge is -2.22. The Labute approximate surface area is 128 Å². The number of benzene rings is 3. The molecule has 0 spiro atoms. The summed E-state index contributed by atoms with van der Waals surface area (Å²) in [5.41, 5.74) is 7.11. The first-order valence-electron chi connectivity index (χ1n) is 7.10. The molecule has 3 aromatic carbocycles. The normalized spacial score (nSPS) is 12.3. The van der Waals surface area contributed by atoms with E-state index in [-0.39, 0.29) is 0 Å². The van der Waals surface area contributed by atoms with Crippen LogP contribution in [0.5, 0.6) is 0 Å². The molecular formula is C18H14BBr. The molecule has 2 heteroatoms. The van der Waals surface area contributed by atoms with Crippen molar-refractivity contribution in [3.8, 4) is 11.1 Å². The molecule has 1 aliphatic rings. The third kappa shape index (κ3) is 1.68. The van der Waals surface area contributed by atoms with Crippen LogP contribution >= 0.6 is 15.9 Å². The largest absolute Gasteiger partial charge is 0.154 e. The van der Waals surface area contributed by atoms with E-state index >= 15 is 0 Å². The van der Waals surface area contributed by atoms with Crippen LogP contribution in [0.2, 0.25) is 6.82 Å². The van der Waals surface area contributed by atoms with Gasteiger partial charge in [-0.05, 0) is 45.5 Å². The van der Waals surface area contributed by atoms with Gasteiger partial charge in [-0.1, -0.05) is 70.7 Å². The van der Waals surface area contributed by atoms with Crippen molar-refractivity contribution >= 4 is 39.4 Å². The summed E-state index contributed by atoms with van der Waals surface area (Å²) in [5, 5.41) is 2.74. The smallest absolute Gasteiger partial charge is 0.0849 e. The highest BCUT2D eigenvalue weighted by molar-refractivity contribution is 9.10. The van der Waals surface area contributed by atoms with E-state index in [1.807, 2.05) is 0 Å². The van der Waals surface area contributed by atoms with Crippen molar-refractivity contribution in [2.45, 2.75) is 13.2 Å². The van der Waals surface area contributed by atoms with E-state index in [4.69, 9.17) is 0 Å². The summed E-state index contributed by atoms with van der Waals surface area (Å²) in [6, 6.07) is 18.0. The molecule has 0 saturated carbocycles. The Kier molecular flexibility index (Phi) is 2.75. The second kappa shape index (κ2) is 4.49. The zero-order valence-electron chi connectivity index (χ0n) is 11.4. The molecule has 3 aromatic rings. The lowest BCUT2D eigenvalue weighted by atomic mass is 9.71. The molecular weight excluding hydrogens is 307 g/mol. The van der Waals surface area contributed by atoms with Gasteiger partial charge in [-0.25, -0.2) is 0 Å². The van der Waals surface area contributed by atoms with Crippen LogP contribution in [0.4, 0.5) is 0 Å². The van der Waals surface area contributed by atoms with Crippen molar-refractivity contribution < 1.29 is 0 Å². The minimum absolute atomic E-state index is 1.05. The van der Waals surface area contributed by atoms with Crippen LogP contribution in [-0.2, 0) is 6.42 Å². The van der Waals surface area contributed by atoms with Crippen LogP contribution in [0.15, 0.2) is 53.0 Å². The predicted octanol–water partition coefficient (Wildman–Crippen LogP) is 4.28. The topological polar surface area (TPSA) is 0 Å². The van der Waals surface area contributed by atoms with Crippen LogP contribution in [0.3, 0.4) is 0 Å². The Hall–Kier alpha value is -1.54. The van der Waals surface area contributed by atoms with Crippen LogP contribution in [0, 0.1) is 0 Å². The van der Waals surface area contributed by atoms with Gasteiger partial charge < -0.3 is 0 Å². The first kappa shape index (κ1) is 12.2. The Balaban J connectivity index is 2.10. The molecule has 20 heavy (non-hydrogen) atoms. The highest BCUT2D eigenvalue weighted by Gasteiger charge is 2.19. The quantitative estimate of drug-likeness (QED) is 0.459.